The van der Waals surface area contributed by atoms with Gasteiger partial charge in [0.25, 0.3) is 0 Å². The second-order valence-electron chi connectivity index (χ2n) is 4.25. The molecule has 2 aromatic rings. The lowest BCUT2D eigenvalue weighted by Crippen LogP contribution is -2.30. The zero-order valence-corrected chi connectivity index (χ0v) is 13.5. The van der Waals surface area contributed by atoms with Crippen LogP contribution in [0.1, 0.15) is 17.4 Å². The Bertz CT molecular complexity index is 654. The van der Waals surface area contributed by atoms with Crippen molar-refractivity contribution in [1.29, 1.82) is 0 Å². The smallest absolute Gasteiger partial charge is 0.207 e. The number of nitrogens with zero attached hydrogens (tertiary/aromatic N) is 1. The molecule has 0 saturated carbocycles. The van der Waals surface area contributed by atoms with E-state index in [1.54, 1.807) is 35.6 Å². The highest BCUT2D eigenvalue weighted by Gasteiger charge is 2.25. The molecule has 3 nitrogen and oxygen atoms in total. The number of thiophene rings is 1. The zero-order chi connectivity index (χ0) is 14.6. The first-order chi connectivity index (χ1) is 9.59. The van der Waals surface area contributed by atoms with Crippen LogP contribution < -0.4 is 0 Å². The summed E-state index contributed by atoms with van der Waals surface area (Å²) in [6.45, 7) is 2.67. The predicted octanol–water partition coefficient (Wildman–Crippen LogP) is 3.70. The van der Waals surface area contributed by atoms with Gasteiger partial charge in [0, 0.05) is 23.8 Å². The van der Waals surface area contributed by atoms with Gasteiger partial charge < -0.3 is 0 Å². The van der Waals surface area contributed by atoms with Crippen molar-refractivity contribution < 1.29 is 8.42 Å². The Morgan fingerprint density at radius 1 is 1.20 bits per heavy atom. The summed E-state index contributed by atoms with van der Waals surface area (Å²) in [6.07, 6.45) is 0. The Labute approximate surface area is 128 Å². The van der Waals surface area contributed by atoms with Gasteiger partial charge in [-0.05, 0) is 23.1 Å². The summed E-state index contributed by atoms with van der Waals surface area (Å²) in [7, 11) is -3.51. The van der Waals surface area contributed by atoms with E-state index < -0.39 is 10.0 Å². The summed E-state index contributed by atoms with van der Waals surface area (Å²) in [6, 6.07) is 10.8. The fraction of sp³-hybridized carbons (Fsp3) is 0.286. The van der Waals surface area contributed by atoms with Crippen molar-refractivity contribution in [3.63, 3.8) is 0 Å². The molecule has 0 aliphatic rings. The Morgan fingerprint density at radius 2 is 1.95 bits per heavy atom. The molecule has 0 saturated heterocycles. The molecule has 2 rings (SSSR count). The lowest BCUT2D eigenvalue weighted by Gasteiger charge is -2.21. The average molecular weight is 330 g/mol. The molecule has 1 aromatic heterocycles. The first-order valence-electron chi connectivity index (χ1n) is 6.26. The number of rotatable bonds is 6. The standard InChI is InChI=1S/C14H16ClNO2S2/c1-2-16(11-13-7-5-9-19-13)20(17,18)14-8-4-3-6-12(14)10-15/h3-9H,2,10-11H2,1H3. The largest absolute Gasteiger partial charge is 0.243 e. The lowest BCUT2D eigenvalue weighted by atomic mass is 10.2. The second-order valence-corrected chi connectivity index (χ2v) is 7.46. The highest BCUT2D eigenvalue weighted by atomic mass is 35.5. The monoisotopic (exact) mass is 329 g/mol. The summed E-state index contributed by atoms with van der Waals surface area (Å²) < 4.78 is 27.0. The number of alkyl halides is 1. The van der Waals surface area contributed by atoms with Crippen molar-refractivity contribution in [2.24, 2.45) is 0 Å². The van der Waals surface area contributed by atoms with E-state index in [4.69, 9.17) is 11.6 Å². The Kier molecular flexibility index (Phi) is 5.21. The van der Waals surface area contributed by atoms with Crippen molar-refractivity contribution >= 4 is 33.0 Å². The molecule has 6 heteroatoms. The van der Waals surface area contributed by atoms with Crippen LogP contribution in [-0.4, -0.2) is 19.3 Å². The average Bonchev–Trinajstić information content (AvgIpc) is 2.97. The summed E-state index contributed by atoms with van der Waals surface area (Å²) >= 11 is 7.40. The third-order valence-electron chi connectivity index (χ3n) is 3.00. The normalized spacial score (nSPS) is 11.9. The molecule has 108 valence electrons. The van der Waals surface area contributed by atoms with E-state index in [0.717, 1.165) is 4.88 Å². The van der Waals surface area contributed by atoms with Crippen LogP contribution in [0.3, 0.4) is 0 Å². The van der Waals surface area contributed by atoms with Crippen LogP contribution in [-0.2, 0) is 22.4 Å². The molecular weight excluding hydrogens is 314 g/mol. The molecule has 20 heavy (non-hydrogen) atoms. The van der Waals surface area contributed by atoms with Crippen molar-refractivity contribution in [3.8, 4) is 0 Å². The van der Waals surface area contributed by atoms with Gasteiger partial charge in [0.2, 0.25) is 10.0 Å². The van der Waals surface area contributed by atoms with Crippen molar-refractivity contribution in [1.82, 2.24) is 4.31 Å². The van der Waals surface area contributed by atoms with Gasteiger partial charge in [0.1, 0.15) is 0 Å². The third kappa shape index (κ3) is 3.23. The maximum atomic E-state index is 12.7. The molecular formula is C14H16ClNO2S2. The molecule has 0 atom stereocenters. The molecule has 0 amide bonds. The first kappa shape index (κ1) is 15.5. The molecule has 0 radical (unpaired) electrons. The van der Waals surface area contributed by atoms with Crippen LogP contribution in [0.5, 0.6) is 0 Å². The number of hydrogen-bond acceptors (Lipinski definition) is 3. The molecule has 1 heterocycles. The fourth-order valence-electron chi connectivity index (χ4n) is 1.95. The molecule has 0 aliphatic carbocycles. The van der Waals surface area contributed by atoms with Crippen molar-refractivity contribution in [2.45, 2.75) is 24.2 Å². The van der Waals surface area contributed by atoms with Crippen LogP contribution in [0.25, 0.3) is 0 Å². The minimum Gasteiger partial charge on any atom is -0.207 e. The Morgan fingerprint density at radius 3 is 2.55 bits per heavy atom. The molecule has 0 N–H and O–H groups in total. The van der Waals surface area contributed by atoms with Crippen LogP contribution >= 0.6 is 22.9 Å². The van der Waals surface area contributed by atoms with Crippen molar-refractivity contribution in [2.75, 3.05) is 6.54 Å². The zero-order valence-electron chi connectivity index (χ0n) is 11.1. The van der Waals surface area contributed by atoms with Gasteiger partial charge in [0.15, 0.2) is 0 Å². The SMILES string of the molecule is CCN(Cc1cccs1)S(=O)(=O)c1ccccc1CCl. The molecule has 0 unspecified atom stereocenters. The van der Waals surface area contributed by atoms with E-state index in [9.17, 15) is 8.42 Å². The van der Waals surface area contributed by atoms with Crippen LogP contribution in [0, 0.1) is 0 Å². The highest BCUT2D eigenvalue weighted by Crippen LogP contribution is 2.24. The van der Waals surface area contributed by atoms with Gasteiger partial charge in [-0.2, -0.15) is 4.31 Å². The molecule has 0 spiro atoms. The fourth-order valence-corrected chi connectivity index (χ4v) is 4.71. The van der Waals surface area contributed by atoms with E-state index in [2.05, 4.69) is 0 Å². The Hall–Kier alpha value is -0.880. The summed E-state index contributed by atoms with van der Waals surface area (Å²) in [5.74, 6) is 0.186. The lowest BCUT2D eigenvalue weighted by molar-refractivity contribution is 0.426. The first-order valence-corrected chi connectivity index (χ1v) is 9.11. The minimum absolute atomic E-state index is 0.186. The van der Waals surface area contributed by atoms with Crippen LogP contribution in [0.2, 0.25) is 0 Å². The van der Waals surface area contributed by atoms with Gasteiger partial charge in [-0.25, -0.2) is 8.42 Å². The van der Waals surface area contributed by atoms with Gasteiger partial charge in [0.05, 0.1) is 4.90 Å². The number of sulfonamides is 1. The predicted molar refractivity (Wildman–Crippen MR) is 83.6 cm³/mol. The molecule has 1 aromatic carbocycles. The topological polar surface area (TPSA) is 37.4 Å². The van der Waals surface area contributed by atoms with Gasteiger partial charge in [-0.3, -0.25) is 0 Å². The Balaban J connectivity index is 2.36. The second kappa shape index (κ2) is 6.72. The maximum Gasteiger partial charge on any atom is 0.243 e. The molecule has 0 fully saturated rings. The van der Waals surface area contributed by atoms with Crippen LogP contribution in [0.4, 0.5) is 0 Å². The van der Waals surface area contributed by atoms with E-state index >= 15 is 0 Å². The third-order valence-corrected chi connectivity index (χ3v) is 6.17. The number of benzene rings is 1. The van der Waals surface area contributed by atoms with Crippen LogP contribution in [0.15, 0.2) is 46.7 Å². The van der Waals surface area contributed by atoms with E-state index in [0.29, 0.717) is 23.5 Å². The van der Waals surface area contributed by atoms with Crippen molar-refractivity contribution in [3.05, 3.63) is 52.2 Å². The van der Waals surface area contributed by atoms with E-state index in [1.807, 2.05) is 24.4 Å². The van der Waals surface area contributed by atoms with E-state index in [-0.39, 0.29) is 5.88 Å². The van der Waals surface area contributed by atoms with Gasteiger partial charge in [-0.15, -0.1) is 22.9 Å². The maximum absolute atomic E-state index is 12.7. The van der Waals surface area contributed by atoms with E-state index in [1.165, 1.54) is 4.31 Å². The summed E-state index contributed by atoms with van der Waals surface area (Å²) in [5, 5.41) is 1.95. The molecule has 0 aliphatic heterocycles. The highest BCUT2D eigenvalue weighted by molar-refractivity contribution is 7.89. The quantitative estimate of drug-likeness (QED) is 0.758. The van der Waals surface area contributed by atoms with Gasteiger partial charge in [-0.1, -0.05) is 31.2 Å². The van der Waals surface area contributed by atoms with Gasteiger partial charge >= 0.3 is 0 Å². The minimum atomic E-state index is -3.51. The molecule has 0 bridgehead atoms. The number of halogens is 1. The number of hydrogen-bond donors (Lipinski definition) is 0. The summed E-state index contributed by atoms with van der Waals surface area (Å²) in [5.41, 5.74) is 0.638. The summed E-state index contributed by atoms with van der Waals surface area (Å²) in [4.78, 5) is 1.33.